The molecule has 0 heterocycles. The number of benzene rings is 1. The first-order valence-electron chi connectivity index (χ1n) is 6.01. The number of rotatable bonds is 7. The zero-order chi connectivity index (χ0) is 12.7. The molecule has 17 heavy (non-hydrogen) atoms. The third kappa shape index (κ3) is 5.20. The number of ether oxygens (including phenoxy) is 2. The summed E-state index contributed by atoms with van der Waals surface area (Å²) in [5, 5.41) is 0. The van der Waals surface area contributed by atoms with Gasteiger partial charge in [0.25, 0.3) is 0 Å². The molecule has 3 heteroatoms. The van der Waals surface area contributed by atoms with Crippen LogP contribution in [0.2, 0.25) is 0 Å². The fraction of sp³-hybridized carbons (Fsp3) is 0.571. The molecule has 2 N–H and O–H groups in total. The molecule has 0 saturated carbocycles. The molecule has 0 aromatic heterocycles. The quantitative estimate of drug-likeness (QED) is 0.585. The second-order valence-electron chi connectivity index (χ2n) is 4.78. The Balaban J connectivity index is 2.19. The summed E-state index contributed by atoms with van der Waals surface area (Å²) in [6, 6.07) is 7.90. The summed E-state index contributed by atoms with van der Waals surface area (Å²) in [5.41, 5.74) is 7.74. The van der Waals surface area contributed by atoms with E-state index >= 15 is 0 Å². The molecule has 1 rings (SSSR count). The topological polar surface area (TPSA) is 44.5 Å². The van der Waals surface area contributed by atoms with E-state index in [2.05, 4.69) is 13.8 Å². The molecule has 96 valence electrons. The molecule has 1 aromatic rings. The van der Waals surface area contributed by atoms with Gasteiger partial charge in [-0.1, -0.05) is 18.2 Å². The molecule has 0 radical (unpaired) electrons. The highest BCUT2D eigenvalue weighted by Gasteiger charge is 2.15. The fourth-order valence-corrected chi connectivity index (χ4v) is 1.47. The van der Waals surface area contributed by atoms with E-state index < -0.39 is 0 Å². The predicted octanol–water partition coefficient (Wildman–Crippen LogP) is 2.64. The minimum absolute atomic E-state index is 0.105. The van der Waals surface area contributed by atoms with E-state index in [4.69, 9.17) is 15.2 Å². The molecule has 3 nitrogen and oxygen atoms in total. The first-order chi connectivity index (χ1) is 8.05. The molecular weight excluding hydrogens is 214 g/mol. The third-order valence-corrected chi connectivity index (χ3v) is 2.97. The van der Waals surface area contributed by atoms with Crippen molar-refractivity contribution in [2.45, 2.75) is 32.3 Å². The Bertz CT molecular complexity index is 337. The van der Waals surface area contributed by atoms with E-state index in [9.17, 15) is 0 Å². The zero-order valence-electron chi connectivity index (χ0n) is 11.0. The molecule has 0 aliphatic rings. The Labute approximate surface area is 104 Å². The summed E-state index contributed by atoms with van der Waals surface area (Å²) >= 11 is 0. The van der Waals surface area contributed by atoms with Gasteiger partial charge in [0.05, 0.1) is 12.2 Å². The summed E-state index contributed by atoms with van der Waals surface area (Å²) in [6.07, 6.45) is 1.76. The van der Waals surface area contributed by atoms with Gasteiger partial charge >= 0.3 is 0 Å². The normalized spacial score (nSPS) is 11.7. The molecule has 0 unspecified atom stereocenters. The lowest BCUT2D eigenvalue weighted by Gasteiger charge is -2.22. The van der Waals surface area contributed by atoms with Gasteiger partial charge in [-0.05, 0) is 38.3 Å². The Morgan fingerprint density at radius 3 is 2.53 bits per heavy atom. The van der Waals surface area contributed by atoms with E-state index in [1.165, 1.54) is 0 Å². The molecule has 0 spiro atoms. The summed E-state index contributed by atoms with van der Waals surface area (Å²) < 4.78 is 10.9. The maximum atomic E-state index is 5.85. The molecule has 0 aliphatic heterocycles. The van der Waals surface area contributed by atoms with Gasteiger partial charge in [-0.15, -0.1) is 0 Å². The molecule has 0 amide bonds. The van der Waals surface area contributed by atoms with E-state index in [-0.39, 0.29) is 5.60 Å². The summed E-state index contributed by atoms with van der Waals surface area (Å²) in [4.78, 5) is 0. The predicted molar refractivity (Wildman–Crippen MR) is 71.1 cm³/mol. The van der Waals surface area contributed by atoms with Crippen molar-refractivity contribution in [3.05, 3.63) is 29.8 Å². The molecule has 0 bridgehead atoms. The first-order valence-corrected chi connectivity index (χ1v) is 6.01. The minimum atomic E-state index is -0.105. The summed E-state index contributed by atoms with van der Waals surface area (Å²) in [6.45, 7) is 5.54. The van der Waals surface area contributed by atoms with Crippen molar-refractivity contribution in [3.63, 3.8) is 0 Å². The number of methoxy groups -OCH3 is 1. The molecule has 0 fully saturated rings. The van der Waals surface area contributed by atoms with Crippen LogP contribution in [0.1, 0.15) is 25.8 Å². The number of nitrogens with two attached hydrogens (primary N) is 1. The van der Waals surface area contributed by atoms with Crippen LogP contribution in [0.4, 0.5) is 5.69 Å². The van der Waals surface area contributed by atoms with Gasteiger partial charge in [0, 0.05) is 19.4 Å². The number of hydrogen-bond acceptors (Lipinski definition) is 3. The summed E-state index contributed by atoms with van der Waals surface area (Å²) in [7, 11) is 1.73. The van der Waals surface area contributed by atoms with Crippen molar-refractivity contribution < 1.29 is 9.47 Å². The van der Waals surface area contributed by atoms with Gasteiger partial charge in [-0.2, -0.15) is 0 Å². The second-order valence-corrected chi connectivity index (χ2v) is 4.78. The van der Waals surface area contributed by atoms with E-state index in [1.807, 2.05) is 24.3 Å². The fourth-order valence-electron chi connectivity index (χ4n) is 1.47. The van der Waals surface area contributed by atoms with Crippen LogP contribution in [0.25, 0.3) is 0 Å². The Kier molecular flexibility index (Phi) is 5.45. The van der Waals surface area contributed by atoms with Crippen molar-refractivity contribution in [1.29, 1.82) is 0 Å². The average Bonchev–Trinajstić information content (AvgIpc) is 2.31. The van der Waals surface area contributed by atoms with Crippen LogP contribution in [-0.4, -0.2) is 25.9 Å². The number of para-hydroxylation sites is 1. The van der Waals surface area contributed by atoms with Crippen LogP contribution in [0, 0.1) is 0 Å². The van der Waals surface area contributed by atoms with Crippen LogP contribution in [0.3, 0.4) is 0 Å². The number of anilines is 1. The molecular formula is C14H23NO2. The van der Waals surface area contributed by atoms with E-state index in [0.717, 1.165) is 24.1 Å². The van der Waals surface area contributed by atoms with Gasteiger partial charge in [0.1, 0.15) is 0 Å². The highest BCUT2D eigenvalue weighted by Crippen LogP contribution is 2.13. The van der Waals surface area contributed by atoms with Crippen molar-refractivity contribution >= 4 is 5.69 Å². The van der Waals surface area contributed by atoms with Crippen LogP contribution in [0.5, 0.6) is 0 Å². The van der Waals surface area contributed by atoms with Crippen LogP contribution >= 0.6 is 0 Å². The van der Waals surface area contributed by atoms with Crippen molar-refractivity contribution in [2.24, 2.45) is 0 Å². The second kappa shape index (κ2) is 6.62. The Hall–Kier alpha value is -1.06. The average molecular weight is 237 g/mol. The van der Waals surface area contributed by atoms with E-state index in [0.29, 0.717) is 13.2 Å². The lowest BCUT2D eigenvalue weighted by molar-refractivity contribution is -0.00937. The standard InChI is InChI=1S/C14H23NO2/c1-14(2,16-3)9-11-17-10-8-12-6-4-5-7-13(12)15/h4-7H,8-11,15H2,1-3H3. The molecule has 0 aliphatic carbocycles. The highest BCUT2D eigenvalue weighted by atomic mass is 16.5. The van der Waals surface area contributed by atoms with Crippen LogP contribution in [-0.2, 0) is 15.9 Å². The lowest BCUT2D eigenvalue weighted by Crippen LogP contribution is -2.24. The lowest BCUT2D eigenvalue weighted by atomic mass is 10.1. The Morgan fingerprint density at radius 2 is 1.88 bits per heavy atom. The molecule has 0 atom stereocenters. The van der Waals surface area contributed by atoms with Crippen molar-refractivity contribution in [3.8, 4) is 0 Å². The van der Waals surface area contributed by atoms with Gasteiger partial charge < -0.3 is 15.2 Å². The number of hydrogen-bond donors (Lipinski definition) is 1. The van der Waals surface area contributed by atoms with Crippen LogP contribution in [0.15, 0.2) is 24.3 Å². The molecule has 0 saturated heterocycles. The monoisotopic (exact) mass is 237 g/mol. The van der Waals surface area contributed by atoms with Gasteiger partial charge in [-0.25, -0.2) is 0 Å². The van der Waals surface area contributed by atoms with E-state index in [1.54, 1.807) is 7.11 Å². The SMILES string of the molecule is COC(C)(C)CCOCCc1ccccc1N. The Morgan fingerprint density at radius 1 is 1.18 bits per heavy atom. The maximum Gasteiger partial charge on any atom is 0.0644 e. The van der Waals surface area contributed by atoms with Gasteiger partial charge in [-0.3, -0.25) is 0 Å². The maximum absolute atomic E-state index is 5.85. The largest absolute Gasteiger partial charge is 0.399 e. The van der Waals surface area contributed by atoms with Crippen molar-refractivity contribution in [1.82, 2.24) is 0 Å². The highest BCUT2D eigenvalue weighted by molar-refractivity contribution is 5.46. The van der Waals surface area contributed by atoms with Crippen LogP contribution < -0.4 is 5.73 Å². The number of nitrogen functional groups attached to an aromatic ring is 1. The first kappa shape index (κ1) is 14.0. The zero-order valence-corrected chi connectivity index (χ0v) is 11.0. The summed E-state index contributed by atoms with van der Waals surface area (Å²) in [5.74, 6) is 0. The smallest absolute Gasteiger partial charge is 0.0644 e. The van der Waals surface area contributed by atoms with Crippen molar-refractivity contribution in [2.75, 3.05) is 26.1 Å². The van der Waals surface area contributed by atoms with Gasteiger partial charge in [0.15, 0.2) is 0 Å². The minimum Gasteiger partial charge on any atom is -0.399 e. The molecule has 1 aromatic carbocycles. The van der Waals surface area contributed by atoms with Gasteiger partial charge in [0.2, 0.25) is 0 Å². The third-order valence-electron chi connectivity index (χ3n) is 2.97.